The highest BCUT2D eigenvalue weighted by molar-refractivity contribution is 5.78. The molecule has 0 aliphatic heterocycles. The maximum Gasteiger partial charge on any atom is 0.223 e. The van der Waals surface area contributed by atoms with E-state index >= 15 is 0 Å². The number of aliphatic hydroxyl groups is 1. The molecule has 1 aromatic carbocycles. The molecule has 3 nitrogen and oxygen atoms in total. The fourth-order valence-corrected chi connectivity index (χ4v) is 2.59. The number of hydrogen-bond acceptors (Lipinski definition) is 2. The Bertz CT molecular complexity index is 428. The van der Waals surface area contributed by atoms with E-state index in [2.05, 4.69) is 5.32 Å². The largest absolute Gasteiger partial charge is 0.396 e. The van der Waals surface area contributed by atoms with Crippen molar-refractivity contribution in [2.45, 2.75) is 32.2 Å². The van der Waals surface area contributed by atoms with E-state index < -0.39 is 0 Å². The Balaban J connectivity index is 1.79. The van der Waals surface area contributed by atoms with Crippen LogP contribution in [0.15, 0.2) is 24.3 Å². The van der Waals surface area contributed by atoms with Crippen LogP contribution in [0.3, 0.4) is 0 Å². The van der Waals surface area contributed by atoms with Crippen molar-refractivity contribution in [2.75, 3.05) is 6.61 Å². The zero-order valence-corrected chi connectivity index (χ0v) is 10.9. The van der Waals surface area contributed by atoms with Crippen molar-refractivity contribution in [1.82, 2.24) is 5.32 Å². The Morgan fingerprint density at radius 3 is 2.68 bits per heavy atom. The highest BCUT2D eigenvalue weighted by atomic mass is 19.1. The molecule has 0 unspecified atom stereocenters. The van der Waals surface area contributed by atoms with Crippen molar-refractivity contribution in [2.24, 2.45) is 11.8 Å². The van der Waals surface area contributed by atoms with Gasteiger partial charge in [0.1, 0.15) is 5.82 Å². The number of carbonyl (C=O) groups excluding carboxylic acids is 1. The molecule has 0 atom stereocenters. The normalized spacial score (nSPS) is 23.1. The van der Waals surface area contributed by atoms with Gasteiger partial charge in [0.15, 0.2) is 0 Å². The van der Waals surface area contributed by atoms with Gasteiger partial charge in [0.2, 0.25) is 5.91 Å². The Morgan fingerprint density at radius 1 is 1.32 bits per heavy atom. The molecule has 0 saturated heterocycles. The van der Waals surface area contributed by atoms with Gasteiger partial charge in [0.25, 0.3) is 0 Å². The maximum atomic E-state index is 13.0. The number of benzene rings is 1. The molecule has 1 aliphatic rings. The smallest absolute Gasteiger partial charge is 0.223 e. The summed E-state index contributed by atoms with van der Waals surface area (Å²) in [7, 11) is 0. The van der Waals surface area contributed by atoms with Crippen LogP contribution in [0.5, 0.6) is 0 Å². The minimum atomic E-state index is -0.282. The molecule has 104 valence electrons. The monoisotopic (exact) mass is 265 g/mol. The average molecular weight is 265 g/mol. The molecular weight excluding hydrogens is 245 g/mol. The van der Waals surface area contributed by atoms with Gasteiger partial charge in [0.05, 0.1) is 0 Å². The van der Waals surface area contributed by atoms with Crippen LogP contribution >= 0.6 is 0 Å². The first-order valence-corrected chi connectivity index (χ1v) is 6.82. The molecule has 1 amide bonds. The number of halogens is 1. The first-order valence-electron chi connectivity index (χ1n) is 6.82. The first kappa shape index (κ1) is 14.0. The predicted molar refractivity (Wildman–Crippen MR) is 70.8 cm³/mol. The van der Waals surface area contributed by atoms with Gasteiger partial charge in [-0.25, -0.2) is 4.39 Å². The van der Waals surface area contributed by atoms with E-state index in [0.29, 0.717) is 12.5 Å². The third-order valence-corrected chi connectivity index (χ3v) is 3.83. The number of aliphatic hydroxyl groups excluding tert-OH is 1. The van der Waals surface area contributed by atoms with E-state index in [0.717, 1.165) is 31.2 Å². The zero-order valence-electron chi connectivity index (χ0n) is 10.9. The molecule has 0 radical (unpaired) electrons. The Hall–Kier alpha value is -1.42. The minimum Gasteiger partial charge on any atom is -0.396 e. The van der Waals surface area contributed by atoms with E-state index in [1.165, 1.54) is 12.1 Å². The molecule has 4 heteroatoms. The zero-order chi connectivity index (χ0) is 13.7. The van der Waals surface area contributed by atoms with Crippen LogP contribution < -0.4 is 5.32 Å². The van der Waals surface area contributed by atoms with Gasteiger partial charge in [0, 0.05) is 19.1 Å². The fourth-order valence-electron chi connectivity index (χ4n) is 2.59. The lowest BCUT2D eigenvalue weighted by Gasteiger charge is -2.26. The topological polar surface area (TPSA) is 49.3 Å². The van der Waals surface area contributed by atoms with Crippen LogP contribution in [0.25, 0.3) is 0 Å². The van der Waals surface area contributed by atoms with Gasteiger partial charge in [-0.3, -0.25) is 4.79 Å². The van der Waals surface area contributed by atoms with Crippen LogP contribution in [0.2, 0.25) is 0 Å². The molecule has 0 spiro atoms. The molecule has 2 N–H and O–H groups in total. The summed E-state index contributed by atoms with van der Waals surface area (Å²) in [6.45, 7) is 0.591. The summed E-state index contributed by atoms with van der Waals surface area (Å²) in [6, 6.07) is 6.26. The van der Waals surface area contributed by atoms with Crippen LogP contribution in [0.4, 0.5) is 4.39 Å². The van der Waals surface area contributed by atoms with Gasteiger partial charge in [-0.15, -0.1) is 0 Å². The summed E-state index contributed by atoms with van der Waals surface area (Å²) < 4.78 is 13.0. The molecule has 0 aromatic heterocycles. The number of hydrogen-bond donors (Lipinski definition) is 2. The van der Waals surface area contributed by atoms with E-state index in [1.807, 2.05) is 0 Å². The van der Waals surface area contributed by atoms with Crippen molar-refractivity contribution in [3.8, 4) is 0 Å². The van der Waals surface area contributed by atoms with E-state index in [9.17, 15) is 9.18 Å². The maximum absolute atomic E-state index is 13.0. The third kappa shape index (κ3) is 4.03. The SMILES string of the molecule is O=C(NCc1cccc(F)c1)C1CCC(CO)CC1. The average Bonchev–Trinajstić information content (AvgIpc) is 2.45. The van der Waals surface area contributed by atoms with Gasteiger partial charge in [-0.05, 0) is 49.3 Å². The van der Waals surface area contributed by atoms with Gasteiger partial charge in [-0.1, -0.05) is 12.1 Å². The Morgan fingerprint density at radius 2 is 2.05 bits per heavy atom. The standard InChI is InChI=1S/C15H20FNO2/c16-14-3-1-2-12(8-14)9-17-15(19)13-6-4-11(10-18)5-7-13/h1-3,8,11,13,18H,4-7,9-10H2,(H,17,19). The summed E-state index contributed by atoms with van der Waals surface area (Å²) in [6.07, 6.45) is 3.49. The Kier molecular flexibility index (Phi) is 4.91. The predicted octanol–water partition coefficient (Wildman–Crippen LogP) is 2.24. The van der Waals surface area contributed by atoms with Crippen LogP contribution in [0, 0.1) is 17.7 Å². The van der Waals surface area contributed by atoms with Crippen molar-refractivity contribution in [1.29, 1.82) is 0 Å². The molecule has 1 saturated carbocycles. The second-order valence-electron chi connectivity index (χ2n) is 5.25. The molecule has 1 fully saturated rings. The third-order valence-electron chi connectivity index (χ3n) is 3.83. The second kappa shape index (κ2) is 6.66. The minimum absolute atomic E-state index is 0.0383. The van der Waals surface area contributed by atoms with Crippen molar-refractivity contribution < 1.29 is 14.3 Å². The fraction of sp³-hybridized carbons (Fsp3) is 0.533. The Labute approximate surface area is 112 Å². The van der Waals surface area contributed by atoms with Crippen LogP contribution in [-0.2, 0) is 11.3 Å². The number of amides is 1. The van der Waals surface area contributed by atoms with Crippen LogP contribution in [0.1, 0.15) is 31.2 Å². The van der Waals surface area contributed by atoms with Gasteiger partial charge in [-0.2, -0.15) is 0 Å². The second-order valence-corrected chi connectivity index (χ2v) is 5.25. The molecule has 2 rings (SSSR count). The van der Waals surface area contributed by atoms with Crippen molar-refractivity contribution >= 4 is 5.91 Å². The van der Waals surface area contributed by atoms with Gasteiger partial charge < -0.3 is 10.4 Å². The molecule has 19 heavy (non-hydrogen) atoms. The van der Waals surface area contributed by atoms with Crippen molar-refractivity contribution in [3.63, 3.8) is 0 Å². The molecular formula is C15H20FNO2. The molecule has 0 heterocycles. The summed E-state index contributed by atoms with van der Waals surface area (Å²) in [4.78, 5) is 12.0. The molecule has 0 bridgehead atoms. The highest BCUT2D eigenvalue weighted by Gasteiger charge is 2.25. The number of carbonyl (C=O) groups is 1. The van der Waals surface area contributed by atoms with Gasteiger partial charge >= 0.3 is 0 Å². The lowest BCUT2D eigenvalue weighted by atomic mass is 9.82. The van der Waals surface area contributed by atoms with E-state index in [1.54, 1.807) is 12.1 Å². The summed E-state index contributed by atoms with van der Waals surface area (Å²) in [5, 5.41) is 11.9. The summed E-state index contributed by atoms with van der Waals surface area (Å²) in [5.74, 6) is 0.152. The quantitative estimate of drug-likeness (QED) is 0.877. The first-order chi connectivity index (χ1) is 9.19. The summed E-state index contributed by atoms with van der Waals surface area (Å²) in [5.41, 5.74) is 0.775. The highest BCUT2D eigenvalue weighted by Crippen LogP contribution is 2.28. The van der Waals surface area contributed by atoms with Crippen molar-refractivity contribution in [3.05, 3.63) is 35.6 Å². The van der Waals surface area contributed by atoms with Crippen LogP contribution in [-0.4, -0.2) is 17.6 Å². The lowest BCUT2D eigenvalue weighted by Crippen LogP contribution is -2.33. The number of rotatable bonds is 4. The molecule has 1 aliphatic carbocycles. The summed E-state index contributed by atoms with van der Waals surface area (Å²) >= 11 is 0. The van der Waals surface area contributed by atoms with E-state index in [-0.39, 0.29) is 24.2 Å². The van der Waals surface area contributed by atoms with E-state index in [4.69, 9.17) is 5.11 Å². The number of nitrogens with one attached hydrogen (secondary N) is 1. The lowest BCUT2D eigenvalue weighted by molar-refractivity contribution is -0.126. The molecule has 1 aromatic rings.